The molecular weight excluding hydrogens is 1420 g/mol. The van der Waals surface area contributed by atoms with Crippen molar-refractivity contribution in [1.82, 2.24) is 38.2 Å². The summed E-state index contributed by atoms with van der Waals surface area (Å²) in [5, 5.41) is 18.9. The molecule has 11 heterocycles. The Morgan fingerprint density at radius 3 is 1.85 bits per heavy atom. The van der Waals surface area contributed by atoms with Crippen molar-refractivity contribution in [3.8, 4) is 0 Å². The number of para-hydroxylation sites is 2. The van der Waals surface area contributed by atoms with Gasteiger partial charge >= 0.3 is 0 Å². The molecule has 18 rings (SSSR count). The second-order valence-electron chi connectivity index (χ2n) is 40.4. The molecule has 0 bridgehead atoms. The molecule has 13 nitrogen and oxygen atoms in total. The molecule has 0 radical (unpaired) electrons. The first-order valence-electron chi connectivity index (χ1n) is 41.8. The van der Waals surface area contributed by atoms with E-state index in [1.165, 1.54) is 98.5 Å². The number of carbonyl (C=O) groups excluding carboxylic acids is 1. The number of likely N-dealkylation sites (tertiary alicyclic amines) is 1. The number of azo groups is 1. The van der Waals surface area contributed by atoms with Crippen LogP contribution in [0.5, 0.6) is 0 Å². The number of aliphatic imine (C=N–C) groups is 1. The number of hydrogen-bond acceptors (Lipinski definition) is 8. The van der Waals surface area contributed by atoms with Crippen molar-refractivity contribution in [2.24, 2.45) is 15.2 Å². The Kier molecular flexibility index (Phi) is 25.4. The smallest absolute Gasteiger partial charge is 0.222 e. The third-order valence-electron chi connectivity index (χ3n) is 22.5. The van der Waals surface area contributed by atoms with E-state index in [1.54, 1.807) is 23.8 Å². The third-order valence-corrected chi connectivity index (χ3v) is 22.5. The lowest BCUT2D eigenvalue weighted by atomic mass is 9.83. The number of pyridine rings is 3. The van der Waals surface area contributed by atoms with Gasteiger partial charge in [-0.1, -0.05) is 212 Å². The SMILES string of the molecule is CC(C)(C)c1cc(F)cc2c1N=CC2.CC(C)(C)c1cc(F)cn2cccc12.CC(C)(C)c1cccc2c1N=NC2.CC(C)(C)c1cccc2c1NCC21CC1.CC(C)(C)c1ccnc2c1C=CC2.CC(C)(C)c1cn(C2CC2)c2ncccc12.CC(C)(C)c1cnn(CCN2CCCC2=O)c1.CC(C)(C)n1ccc2ccccc21. The van der Waals surface area contributed by atoms with Crippen LogP contribution in [0.1, 0.15) is 278 Å². The van der Waals surface area contributed by atoms with Gasteiger partial charge in [-0.25, -0.2) is 13.8 Å². The van der Waals surface area contributed by atoms with Crippen molar-refractivity contribution >= 4 is 62.7 Å². The highest BCUT2D eigenvalue weighted by Gasteiger charge is 2.50. The summed E-state index contributed by atoms with van der Waals surface area (Å²) in [7, 11) is 0. The summed E-state index contributed by atoms with van der Waals surface area (Å²) >= 11 is 0. The molecule has 7 aliphatic rings. The number of fused-ring (bicyclic) bond motifs is 8. The van der Waals surface area contributed by atoms with Crippen LogP contribution in [0.2, 0.25) is 0 Å². The number of carbonyl (C=O) groups is 1. The highest BCUT2D eigenvalue weighted by molar-refractivity contribution is 5.83. The number of allylic oxidation sites excluding steroid dienone is 1. The van der Waals surface area contributed by atoms with Crippen LogP contribution in [0, 0.1) is 11.6 Å². The zero-order valence-corrected chi connectivity index (χ0v) is 73.7. The number of halogens is 2. The minimum atomic E-state index is -0.182. The monoisotopic (exact) mass is 1550 g/mol. The number of hydrogen-bond donors (Lipinski definition) is 1. The molecular formula is C100H130F2N12O. The first kappa shape index (κ1) is 86.2. The lowest BCUT2D eigenvalue weighted by Gasteiger charge is -2.22. The van der Waals surface area contributed by atoms with Gasteiger partial charge < -0.3 is 23.8 Å². The van der Waals surface area contributed by atoms with Crippen LogP contribution in [-0.4, -0.2) is 69.9 Å². The quantitative estimate of drug-likeness (QED) is 0.188. The second-order valence-corrected chi connectivity index (χ2v) is 40.4. The fourth-order valence-electron chi connectivity index (χ4n) is 15.7. The fraction of sp³-hybridized carbons (Fsp3) is 0.470. The van der Waals surface area contributed by atoms with E-state index in [-0.39, 0.29) is 61.0 Å². The Labute approximate surface area is 685 Å². The number of nitrogens with one attached hydrogen (secondary N) is 1. The summed E-state index contributed by atoms with van der Waals surface area (Å²) in [6.07, 6.45) is 30.8. The van der Waals surface area contributed by atoms with E-state index in [2.05, 4.69) is 321 Å². The van der Waals surface area contributed by atoms with Crippen LogP contribution in [-0.2, 0) is 79.6 Å². The number of benzene rings is 4. The summed E-state index contributed by atoms with van der Waals surface area (Å²) in [5.41, 5.74) is 23.9. The highest BCUT2D eigenvalue weighted by Crippen LogP contribution is 2.56. The maximum Gasteiger partial charge on any atom is 0.222 e. The van der Waals surface area contributed by atoms with Crippen LogP contribution in [0.4, 0.5) is 25.8 Å². The molecule has 1 saturated heterocycles. The number of anilines is 1. The van der Waals surface area contributed by atoms with E-state index < -0.39 is 0 Å². The first-order chi connectivity index (χ1) is 53.8. The highest BCUT2D eigenvalue weighted by atomic mass is 19.1. The van der Waals surface area contributed by atoms with E-state index >= 15 is 0 Å². The molecule has 1 amide bonds. The van der Waals surface area contributed by atoms with Crippen LogP contribution in [0.3, 0.4) is 0 Å². The van der Waals surface area contributed by atoms with Crippen molar-refractivity contribution < 1.29 is 13.6 Å². The fourth-order valence-corrected chi connectivity index (χ4v) is 15.7. The minimum Gasteiger partial charge on any atom is -0.384 e. The Morgan fingerprint density at radius 1 is 0.557 bits per heavy atom. The van der Waals surface area contributed by atoms with Gasteiger partial charge in [0.1, 0.15) is 17.3 Å². The predicted octanol–water partition coefficient (Wildman–Crippen LogP) is 25.6. The number of amides is 1. The van der Waals surface area contributed by atoms with E-state index in [0.29, 0.717) is 17.9 Å². The van der Waals surface area contributed by atoms with Crippen molar-refractivity contribution in [3.63, 3.8) is 0 Å². The predicted molar refractivity (Wildman–Crippen MR) is 477 cm³/mol. The Hall–Kier alpha value is -9.63. The van der Waals surface area contributed by atoms with Gasteiger partial charge in [0.2, 0.25) is 5.91 Å². The maximum absolute atomic E-state index is 13.3. The van der Waals surface area contributed by atoms with E-state index in [4.69, 9.17) is 0 Å². The number of nitrogens with zero attached hydrogens (tertiary/aromatic N) is 11. The molecule has 115 heavy (non-hydrogen) atoms. The standard InChI is InChI=1S/C14H18N2.C14H19N.C13H21N3O.2C12H14FN.2C12H15N.C11H14N2/c1-14(2,3)12-9-16(10-6-7-10)13-11(12)5-4-8-15-13;1-13(2,3)10-5-4-6-11-12(10)15-9-14(11)7-8-14;1-13(2,3)11-9-14-16(10-11)8-7-15-6-4-5-12(15)17;1-12(2,3)10-7-9(13)6-8-4-5-14-11(8)10;1-12(2,3)10-7-9(13)8-14-6-4-5-11(10)14;1-12(2,3)10-7-8-13-11-6-4-5-9(10)11;1-12(2,3)13-9-8-10-6-4-5-7-11(10)13;1-11(2,3)9-6-4-5-8-7-12-13-10(8)9/h4-5,8-10H,6-7H2,1-3H3;4-6,15H,7-9H2,1-3H3;9-10H,4-8H2,1-3H3;5-7H,4H2,1-3H3;4-8H,1-3H3;4-5,7-8H,6H2,1-3H3;4-9H,1-3H3;4-6H,7H2,1-3H3. The van der Waals surface area contributed by atoms with Crippen molar-refractivity contribution in [1.29, 1.82) is 0 Å². The summed E-state index contributed by atoms with van der Waals surface area (Å²) in [6, 6.07) is 39.6. The van der Waals surface area contributed by atoms with Gasteiger partial charge in [-0.05, 0) is 212 Å². The molecule has 7 aromatic heterocycles. The average molecular weight is 1550 g/mol. The van der Waals surface area contributed by atoms with Crippen LogP contribution >= 0.6 is 0 Å². The molecule has 0 unspecified atom stereocenters. The van der Waals surface area contributed by atoms with Crippen LogP contribution in [0.15, 0.2) is 186 Å². The second kappa shape index (κ2) is 33.9. The molecule has 0 atom stereocenters. The Morgan fingerprint density at radius 2 is 1.22 bits per heavy atom. The zero-order chi connectivity index (χ0) is 83.6. The van der Waals surface area contributed by atoms with Gasteiger partial charge in [0, 0.05) is 133 Å². The van der Waals surface area contributed by atoms with Gasteiger partial charge in [-0.3, -0.25) is 19.5 Å². The summed E-state index contributed by atoms with van der Waals surface area (Å²) < 4.78 is 35.0. The Balaban J connectivity index is 0.000000130. The van der Waals surface area contributed by atoms with E-state index in [1.807, 2.05) is 63.2 Å². The van der Waals surface area contributed by atoms with Gasteiger partial charge in [-0.15, -0.1) is 0 Å². The van der Waals surface area contributed by atoms with Crippen molar-refractivity contribution in [3.05, 3.63) is 249 Å². The first-order valence-corrected chi connectivity index (χ1v) is 41.8. The van der Waals surface area contributed by atoms with Crippen LogP contribution < -0.4 is 5.32 Å². The lowest BCUT2D eigenvalue weighted by Crippen LogP contribution is -2.28. The third kappa shape index (κ3) is 21.2. The summed E-state index contributed by atoms with van der Waals surface area (Å²) in [4.78, 5) is 26.6. The molecule has 4 aromatic carbocycles. The zero-order valence-electron chi connectivity index (χ0n) is 73.7. The molecule has 15 heteroatoms. The number of rotatable bonds is 4. The maximum atomic E-state index is 13.3. The normalized spacial score (nSPS) is 15.6. The molecule has 3 fully saturated rings. The van der Waals surface area contributed by atoms with Gasteiger partial charge in [0.25, 0.3) is 0 Å². The largest absolute Gasteiger partial charge is 0.384 e. The van der Waals surface area contributed by atoms with Crippen molar-refractivity contribution in [2.45, 2.75) is 286 Å². The van der Waals surface area contributed by atoms with Gasteiger partial charge in [-0.2, -0.15) is 15.3 Å². The molecule has 3 aliphatic carbocycles. The molecule has 1 N–H and O–H groups in total. The van der Waals surface area contributed by atoms with Gasteiger partial charge in [0.05, 0.1) is 36.4 Å². The average Bonchev–Trinajstić information content (AvgIpc) is 1.57. The molecule has 2 saturated carbocycles. The topological polar surface area (TPSA) is 127 Å². The Bertz CT molecular complexity index is 5240. The minimum absolute atomic E-state index is 0.0261. The number of aromatic nitrogens is 7. The van der Waals surface area contributed by atoms with Crippen LogP contribution in [0.25, 0.3) is 33.5 Å². The molecule has 11 aromatic rings. The lowest BCUT2D eigenvalue weighted by molar-refractivity contribution is -0.127. The summed E-state index contributed by atoms with van der Waals surface area (Å²) in [6.45, 7) is 57.2. The van der Waals surface area contributed by atoms with E-state index in [0.717, 1.165) is 91.2 Å². The molecule has 1 spiro atoms. The molecule has 610 valence electrons. The molecule has 4 aliphatic heterocycles. The van der Waals surface area contributed by atoms with E-state index in [9.17, 15) is 13.6 Å². The van der Waals surface area contributed by atoms with Gasteiger partial charge in [0.15, 0.2) is 0 Å². The van der Waals surface area contributed by atoms with Crippen molar-refractivity contribution in [2.75, 3.05) is 25.0 Å². The summed E-state index contributed by atoms with van der Waals surface area (Å²) in [5.74, 6) is -0.0500.